The Morgan fingerprint density at radius 3 is 2.71 bits per heavy atom. The van der Waals surface area contributed by atoms with Crippen LogP contribution in [0.25, 0.3) is 0 Å². The van der Waals surface area contributed by atoms with Crippen molar-refractivity contribution in [2.45, 2.75) is 6.54 Å². The van der Waals surface area contributed by atoms with Crippen molar-refractivity contribution >= 4 is 28.3 Å². The molecule has 0 atom stereocenters. The molecule has 0 aromatic heterocycles. The average Bonchev–Trinajstić information content (AvgIpc) is 2.37. The van der Waals surface area contributed by atoms with Gasteiger partial charge >= 0.3 is 0 Å². The molecule has 2 aromatic carbocycles. The largest absolute Gasteiger partial charge is 0.381 e. The number of anilines is 1. The number of terminal acetylenes is 1. The van der Waals surface area contributed by atoms with Gasteiger partial charge in [-0.25, -0.2) is 0 Å². The molecule has 0 saturated carbocycles. The van der Waals surface area contributed by atoms with E-state index in [2.05, 4.69) is 58.1 Å². The van der Waals surface area contributed by atoms with Crippen molar-refractivity contribution in [1.29, 1.82) is 0 Å². The molecule has 1 nitrogen and oxygen atoms in total. The summed E-state index contributed by atoms with van der Waals surface area (Å²) in [6, 6.07) is 16.3. The number of rotatable bonds is 3. The van der Waals surface area contributed by atoms with E-state index in [-0.39, 0.29) is 0 Å². The third-order valence-electron chi connectivity index (χ3n) is 2.41. The van der Waals surface area contributed by atoms with Crippen molar-refractivity contribution < 1.29 is 0 Å². The molecule has 0 fully saturated rings. The smallest absolute Gasteiger partial charge is 0.0401 e. The highest BCUT2D eigenvalue weighted by Crippen LogP contribution is 2.13. The van der Waals surface area contributed by atoms with Crippen molar-refractivity contribution in [1.82, 2.24) is 0 Å². The van der Waals surface area contributed by atoms with Crippen LogP contribution in [0.3, 0.4) is 0 Å². The molecular formula is C15H12IN. The second-order valence-corrected chi connectivity index (χ2v) is 4.95. The van der Waals surface area contributed by atoms with Gasteiger partial charge in [0.1, 0.15) is 0 Å². The van der Waals surface area contributed by atoms with Crippen LogP contribution in [0.4, 0.5) is 5.69 Å². The van der Waals surface area contributed by atoms with Gasteiger partial charge in [0.25, 0.3) is 0 Å². The van der Waals surface area contributed by atoms with Crippen LogP contribution in [0.5, 0.6) is 0 Å². The lowest BCUT2D eigenvalue weighted by Crippen LogP contribution is -1.99. The summed E-state index contributed by atoms with van der Waals surface area (Å²) in [4.78, 5) is 0. The van der Waals surface area contributed by atoms with Crippen LogP contribution in [0.2, 0.25) is 0 Å². The molecule has 2 heteroatoms. The number of benzene rings is 2. The summed E-state index contributed by atoms with van der Waals surface area (Å²) in [6.07, 6.45) is 5.37. The van der Waals surface area contributed by atoms with Crippen molar-refractivity contribution in [3.63, 3.8) is 0 Å². The zero-order valence-electron chi connectivity index (χ0n) is 9.28. The number of nitrogens with one attached hydrogen (secondary N) is 1. The van der Waals surface area contributed by atoms with Crippen molar-refractivity contribution in [3.8, 4) is 12.3 Å². The summed E-state index contributed by atoms with van der Waals surface area (Å²) in [5.74, 6) is 2.63. The van der Waals surface area contributed by atoms with Crippen LogP contribution in [-0.4, -0.2) is 0 Å². The molecule has 1 N–H and O–H groups in total. The second-order valence-electron chi connectivity index (χ2n) is 3.71. The van der Waals surface area contributed by atoms with Crippen molar-refractivity contribution in [3.05, 3.63) is 63.2 Å². The first-order valence-electron chi connectivity index (χ1n) is 5.33. The van der Waals surface area contributed by atoms with E-state index in [4.69, 9.17) is 6.42 Å². The van der Waals surface area contributed by atoms with Gasteiger partial charge in [0, 0.05) is 21.4 Å². The molecule has 0 aliphatic carbocycles. The van der Waals surface area contributed by atoms with Crippen LogP contribution in [-0.2, 0) is 6.54 Å². The molecule has 0 unspecified atom stereocenters. The lowest BCUT2D eigenvalue weighted by atomic mass is 10.2. The Balaban J connectivity index is 2.05. The molecule has 0 spiro atoms. The Labute approximate surface area is 115 Å². The molecule has 17 heavy (non-hydrogen) atoms. The summed E-state index contributed by atoms with van der Waals surface area (Å²) >= 11 is 2.32. The first-order valence-corrected chi connectivity index (χ1v) is 6.41. The summed E-state index contributed by atoms with van der Waals surface area (Å²) in [7, 11) is 0. The topological polar surface area (TPSA) is 12.0 Å². The fraction of sp³-hybridized carbons (Fsp3) is 0.0667. The van der Waals surface area contributed by atoms with Crippen LogP contribution >= 0.6 is 22.6 Å². The van der Waals surface area contributed by atoms with Gasteiger partial charge in [-0.15, -0.1) is 6.42 Å². The molecule has 0 aliphatic heterocycles. The summed E-state index contributed by atoms with van der Waals surface area (Å²) < 4.78 is 1.25. The first-order chi connectivity index (χ1) is 8.28. The lowest BCUT2D eigenvalue weighted by Gasteiger charge is -2.07. The maximum absolute atomic E-state index is 5.37. The van der Waals surface area contributed by atoms with Gasteiger partial charge < -0.3 is 5.32 Å². The minimum absolute atomic E-state index is 0.810. The van der Waals surface area contributed by atoms with E-state index in [0.29, 0.717) is 0 Å². The van der Waals surface area contributed by atoms with Gasteiger partial charge in [-0.2, -0.15) is 0 Å². The third kappa shape index (κ3) is 3.50. The Kier molecular flexibility index (Phi) is 4.05. The average molecular weight is 333 g/mol. The van der Waals surface area contributed by atoms with E-state index >= 15 is 0 Å². The molecule has 0 radical (unpaired) electrons. The fourth-order valence-corrected chi connectivity index (χ4v) is 2.18. The van der Waals surface area contributed by atoms with Gasteiger partial charge in [0.05, 0.1) is 0 Å². The molecule has 84 valence electrons. The van der Waals surface area contributed by atoms with E-state index in [1.54, 1.807) is 0 Å². The number of hydrogen-bond donors (Lipinski definition) is 1. The lowest BCUT2D eigenvalue weighted by molar-refractivity contribution is 1.15. The van der Waals surface area contributed by atoms with Gasteiger partial charge in [0.15, 0.2) is 0 Å². The van der Waals surface area contributed by atoms with Gasteiger partial charge in [0.2, 0.25) is 0 Å². The quantitative estimate of drug-likeness (QED) is 0.664. The molecule has 2 rings (SSSR count). The monoisotopic (exact) mass is 333 g/mol. The van der Waals surface area contributed by atoms with Crippen LogP contribution in [0.15, 0.2) is 48.5 Å². The van der Waals surface area contributed by atoms with E-state index in [9.17, 15) is 0 Å². The normalized spacial score (nSPS) is 9.65. The minimum atomic E-state index is 0.810. The van der Waals surface area contributed by atoms with E-state index in [1.165, 1.54) is 9.13 Å². The first kappa shape index (κ1) is 12.0. The molecular weight excluding hydrogens is 321 g/mol. The zero-order valence-corrected chi connectivity index (χ0v) is 11.4. The summed E-state index contributed by atoms with van der Waals surface area (Å²) in [5.41, 5.74) is 3.22. The fourth-order valence-electron chi connectivity index (χ4n) is 1.57. The van der Waals surface area contributed by atoms with Crippen LogP contribution in [0, 0.1) is 15.9 Å². The van der Waals surface area contributed by atoms with Crippen LogP contribution < -0.4 is 5.32 Å². The molecule has 0 amide bonds. The zero-order chi connectivity index (χ0) is 12.1. The van der Waals surface area contributed by atoms with E-state index in [1.807, 2.05) is 24.3 Å². The predicted molar refractivity (Wildman–Crippen MR) is 80.9 cm³/mol. The Morgan fingerprint density at radius 2 is 1.94 bits per heavy atom. The molecule has 0 aliphatic rings. The third-order valence-corrected chi connectivity index (χ3v) is 3.09. The molecule has 0 saturated heterocycles. The van der Waals surface area contributed by atoms with Crippen molar-refractivity contribution in [2.24, 2.45) is 0 Å². The number of halogens is 1. The molecule has 2 aromatic rings. The number of hydrogen-bond acceptors (Lipinski definition) is 1. The Bertz CT molecular complexity index is 555. The highest BCUT2D eigenvalue weighted by Gasteiger charge is 1.96. The van der Waals surface area contributed by atoms with E-state index in [0.717, 1.165) is 17.8 Å². The Morgan fingerprint density at radius 1 is 1.12 bits per heavy atom. The van der Waals surface area contributed by atoms with Crippen molar-refractivity contribution in [2.75, 3.05) is 5.32 Å². The molecule has 0 bridgehead atoms. The second kappa shape index (κ2) is 5.74. The van der Waals surface area contributed by atoms with E-state index < -0.39 is 0 Å². The highest BCUT2D eigenvalue weighted by atomic mass is 127. The maximum atomic E-state index is 5.37. The maximum Gasteiger partial charge on any atom is 0.0401 e. The summed E-state index contributed by atoms with van der Waals surface area (Å²) in [5, 5.41) is 3.36. The highest BCUT2D eigenvalue weighted by molar-refractivity contribution is 14.1. The summed E-state index contributed by atoms with van der Waals surface area (Å²) in [6.45, 7) is 0.810. The minimum Gasteiger partial charge on any atom is -0.381 e. The van der Waals surface area contributed by atoms with Gasteiger partial charge in [-0.1, -0.05) is 24.1 Å². The van der Waals surface area contributed by atoms with Gasteiger partial charge in [-0.05, 0) is 58.5 Å². The SMILES string of the molecule is C#Cc1cccc(NCc2cccc(I)c2)c1. The predicted octanol–water partition coefficient (Wildman–Crippen LogP) is 3.88. The van der Waals surface area contributed by atoms with Gasteiger partial charge in [-0.3, -0.25) is 0 Å². The molecule has 0 heterocycles. The van der Waals surface area contributed by atoms with Crippen LogP contribution in [0.1, 0.15) is 11.1 Å². The standard InChI is InChI=1S/C15H12IN/c1-2-12-5-4-8-15(10-12)17-11-13-6-3-7-14(16)9-13/h1,3-10,17H,11H2. The Hall–Kier alpha value is -1.47.